The number of imide groups is 1. The maximum Gasteiger partial charge on any atom is 0.325 e. The summed E-state index contributed by atoms with van der Waals surface area (Å²) in [5.41, 5.74) is 4.35. The molecule has 150 valence electrons. The molecule has 1 aromatic carbocycles. The first-order valence-corrected chi connectivity index (χ1v) is 9.77. The van der Waals surface area contributed by atoms with E-state index in [1.165, 1.54) is 0 Å². The van der Waals surface area contributed by atoms with E-state index in [0.717, 1.165) is 39.3 Å². The minimum absolute atomic E-state index is 0.228. The Labute approximate surface area is 168 Å². The van der Waals surface area contributed by atoms with Gasteiger partial charge >= 0.3 is 6.03 Å². The fraction of sp³-hybridized carbons (Fsp3) is 0.318. The SMILES string of the molecule is CCn1c(C)cc(C(=O)CN2C(=O)N[C@H](Cc3c[nH]c4ccccc34)C2=O)c1C. The second-order valence-corrected chi connectivity index (χ2v) is 7.44. The van der Waals surface area contributed by atoms with Crippen LogP contribution in [0.15, 0.2) is 36.5 Å². The van der Waals surface area contributed by atoms with E-state index in [0.29, 0.717) is 12.0 Å². The number of nitrogens with zero attached hydrogens (tertiary/aromatic N) is 2. The van der Waals surface area contributed by atoms with E-state index in [1.54, 1.807) is 0 Å². The summed E-state index contributed by atoms with van der Waals surface area (Å²) in [5.74, 6) is -0.591. The van der Waals surface area contributed by atoms with Crippen LogP contribution in [-0.2, 0) is 17.8 Å². The average Bonchev–Trinajstić information content (AvgIpc) is 3.32. The Morgan fingerprint density at radius 2 is 1.93 bits per heavy atom. The normalized spacial score (nSPS) is 16.7. The van der Waals surface area contributed by atoms with Gasteiger partial charge in [0.1, 0.15) is 6.04 Å². The number of hydrogen-bond donors (Lipinski definition) is 2. The molecular weight excluding hydrogens is 368 g/mol. The van der Waals surface area contributed by atoms with Crippen LogP contribution in [0.25, 0.3) is 10.9 Å². The summed E-state index contributed by atoms with van der Waals surface area (Å²) in [4.78, 5) is 42.2. The molecule has 2 N–H and O–H groups in total. The summed E-state index contributed by atoms with van der Waals surface area (Å²) in [7, 11) is 0. The van der Waals surface area contributed by atoms with Crippen LogP contribution < -0.4 is 5.32 Å². The van der Waals surface area contributed by atoms with Crippen molar-refractivity contribution < 1.29 is 14.4 Å². The maximum atomic E-state index is 12.8. The van der Waals surface area contributed by atoms with Gasteiger partial charge < -0.3 is 14.9 Å². The number of urea groups is 1. The molecule has 1 aliphatic rings. The number of hydrogen-bond acceptors (Lipinski definition) is 3. The standard InChI is InChI=1S/C22H24N4O3/c1-4-25-13(2)9-17(14(25)3)20(27)12-26-21(28)19(24-22(26)29)10-15-11-23-18-8-6-5-7-16(15)18/h5-9,11,19,23H,4,10,12H2,1-3H3,(H,24,29)/t19-/m1/s1. The quantitative estimate of drug-likeness (QED) is 0.499. The Hall–Kier alpha value is -3.35. The van der Waals surface area contributed by atoms with Crippen molar-refractivity contribution >= 4 is 28.6 Å². The van der Waals surface area contributed by atoms with Gasteiger partial charge in [-0.25, -0.2) is 4.79 Å². The molecule has 3 heterocycles. The summed E-state index contributed by atoms with van der Waals surface area (Å²) >= 11 is 0. The van der Waals surface area contributed by atoms with Gasteiger partial charge in [-0.15, -0.1) is 0 Å². The second-order valence-electron chi connectivity index (χ2n) is 7.44. The molecule has 1 fully saturated rings. The third-order valence-electron chi connectivity index (χ3n) is 5.70. The third kappa shape index (κ3) is 3.22. The number of rotatable bonds is 6. The lowest BCUT2D eigenvalue weighted by Gasteiger charge is -2.12. The van der Waals surface area contributed by atoms with E-state index in [1.807, 2.05) is 61.9 Å². The number of H-pyrrole nitrogens is 1. The van der Waals surface area contributed by atoms with Crippen molar-refractivity contribution in [3.8, 4) is 0 Å². The maximum absolute atomic E-state index is 12.8. The molecule has 1 saturated heterocycles. The molecule has 0 saturated carbocycles. The van der Waals surface area contributed by atoms with E-state index >= 15 is 0 Å². The Kier molecular flexibility index (Phi) is 4.74. The molecule has 0 spiro atoms. The summed E-state index contributed by atoms with van der Waals surface area (Å²) in [5, 5.41) is 3.75. The molecule has 0 bridgehead atoms. The predicted octanol–water partition coefficient (Wildman–Crippen LogP) is 2.95. The minimum atomic E-state index is -0.669. The monoisotopic (exact) mass is 392 g/mol. The number of nitrogens with one attached hydrogen (secondary N) is 2. The summed E-state index contributed by atoms with van der Waals surface area (Å²) < 4.78 is 2.04. The van der Waals surface area contributed by atoms with Gasteiger partial charge in [0.2, 0.25) is 0 Å². The Bertz CT molecular complexity index is 1120. The highest BCUT2D eigenvalue weighted by atomic mass is 16.2. The molecule has 7 nitrogen and oxygen atoms in total. The van der Waals surface area contributed by atoms with Crippen LogP contribution in [0.4, 0.5) is 4.79 Å². The first kappa shape index (κ1) is 19.0. The first-order chi connectivity index (χ1) is 13.9. The van der Waals surface area contributed by atoms with Crippen LogP contribution >= 0.6 is 0 Å². The number of aromatic amines is 1. The van der Waals surface area contributed by atoms with Gasteiger partial charge in [-0.3, -0.25) is 14.5 Å². The summed E-state index contributed by atoms with van der Waals surface area (Å²) in [6, 6.07) is 8.46. The molecular formula is C22H24N4O3. The highest BCUT2D eigenvalue weighted by Gasteiger charge is 2.39. The van der Waals surface area contributed by atoms with Gasteiger partial charge in [0.15, 0.2) is 5.78 Å². The van der Waals surface area contributed by atoms with Gasteiger partial charge in [-0.1, -0.05) is 18.2 Å². The zero-order valence-electron chi connectivity index (χ0n) is 16.8. The Balaban J connectivity index is 1.50. The van der Waals surface area contributed by atoms with Crippen LogP contribution in [0.3, 0.4) is 0 Å². The van der Waals surface area contributed by atoms with Crippen molar-refractivity contribution in [2.75, 3.05) is 6.54 Å². The molecule has 3 amide bonds. The van der Waals surface area contributed by atoms with Crippen LogP contribution in [0.1, 0.15) is 34.2 Å². The molecule has 2 aromatic heterocycles. The molecule has 0 radical (unpaired) electrons. The number of aromatic nitrogens is 2. The Morgan fingerprint density at radius 3 is 2.66 bits per heavy atom. The van der Waals surface area contributed by atoms with Crippen molar-refractivity contribution in [3.63, 3.8) is 0 Å². The minimum Gasteiger partial charge on any atom is -0.361 e. The van der Waals surface area contributed by atoms with Crippen molar-refractivity contribution in [1.82, 2.24) is 19.8 Å². The first-order valence-electron chi connectivity index (χ1n) is 9.77. The highest BCUT2D eigenvalue weighted by molar-refractivity contribution is 6.09. The highest BCUT2D eigenvalue weighted by Crippen LogP contribution is 2.22. The lowest BCUT2D eigenvalue weighted by molar-refractivity contribution is -0.127. The largest absolute Gasteiger partial charge is 0.361 e. The summed E-state index contributed by atoms with van der Waals surface area (Å²) in [6.45, 7) is 6.36. The van der Waals surface area contributed by atoms with Crippen LogP contribution in [-0.4, -0.2) is 44.8 Å². The number of carbonyl (C=O) groups is 3. The van der Waals surface area contributed by atoms with Crippen molar-refractivity contribution in [3.05, 3.63) is 59.0 Å². The number of aryl methyl sites for hydroxylation is 1. The number of Topliss-reactive ketones (excluding diaryl/α,β-unsaturated/α-hetero) is 1. The van der Waals surface area contributed by atoms with Gasteiger partial charge in [-0.2, -0.15) is 0 Å². The molecule has 1 atom stereocenters. The zero-order valence-corrected chi connectivity index (χ0v) is 16.8. The number of carbonyl (C=O) groups excluding carboxylic acids is 3. The Morgan fingerprint density at radius 1 is 1.17 bits per heavy atom. The molecule has 29 heavy (non-hydrogen) atoms. The van der Waals surface area contributed by atoms with Crippen LogP contribution in [0.2, 0.25) is 0 Å². The van der Waals surface area contributed by atoms with Gasteiger partial charge in [0.05, 0.1) is 6.54 Å². The van der Waals surface area contributed by atoms with Crippen molar-refractivity contribution in [1.29, 1.82) is 0 Å². The van der Waals surface area contributed by atoms with Crippen molar-refractivity contribution in [2.24, 2.45) is 0 Å². The predicted molar refractivity (Wildman–Crippen MR) is 110 cm³/mol. The van der Waals surface area contributed by atoms with Crippen LogP contribution in [0.5, 0.6) is 0 Å². The molecule has 0 aliphatic carbocycles. The zero-order chi connectivity index (χ0) is 20.7. The molecule has 0 unspecified atom stereocenters. The van der Waals surface area contributed by atoms with Gasteiger partial charge in [0.25, 0.3) is 5.91 Å². The van der Waals surface area contributed by atoms with E-state index in [-0.39, 0.29) is 18.2 Å². The summed E-state index contributed by atoms with van der Waals surface area (Å²) in [6.07, 6.45) is 2.24. The number of benzene rings is 1. The van der Waals surface area contributed by atoms with E-state index in [2.05, 4.69) is 10.3 Å². The number of ketones is 1. The second kappa shape index (κ2) is 7.24. The lowest BCUT2D eigenvalue weighted by atomic mass is 10.0. The lowest BCUT2D eigenvalue weighted by Crippen LogP contribution is -2.36. The molecule has 7 heteroatoms. The smallest absolute Gasteiger partial charge is 0.325 e. The average molecular weight is 392 g/mol. The molecule has 4 rings (SSSR count). The van der Waals surface area contributed by atoms with Gasteiger partial charge in [0, 0.05) is 47.0 Å². The van der Waals surface area contributed by atoms with Crippen molar-refractivity contribution in [2.45, 2.75) is 39.8 Å². The fourth-order valence-electron chi connectivity index (χ4n) is 4.18. The van der Waals surface area contributed by atoms with E-state index in [4.69, 9.17) is 0 Å². The number of para-hydroxylation sites is 1. The topological polar surface area (TPSA) is 87.2 Å². The number of fused-ring (bicyclic) bond motifs is 1. The molecule has 3 aromatic rings. The third-order valence-corrected chi connectivity index (χ3v) is 5.70. The van der Waals surface area contributed by atoms with Gasteiger partial charge in [-0.05, 0) is 38.5 Å². The molecule has 1 aliphatic heterocycles. The van der Waals surface area contributed by atoms with E-state index in [9.17, 15) is 14.4 Å². The van der Waals surface area contributed by atoms with E-state index < -0.39 is 12.1 Å². The number of amides is 3. The fourth-order valence-corrected chi connectivity index (χ4v) is 4.18. The van der Waals surface area contributed by atoms with Crippen LogP contribution in [0, 0.1) is 13.8 Å².